The highest BCUT2D eigenvalue weighted by Crippen LogP contribution is 2.45. The monoisotopic (exact) mass is 388 g/mol. The van der Waals surface area contributed by atoms with E-state index in [1.807, 2.05) is 6.07 Å². The molecule has 8 heteroatoms. The smallest absolute Gasteiger partial charge is 0.338 e. The number of allylic oxidation sites excluding steroid dienone is 2. The van der Waals surface area contributed by atoms with Gasteiger partial charge in [-0.3, -0.25) is 0 Å². The molecule has 1 aromatic rings. The maximum Gasteiger partial charge on any atom is 0.338 e. The molecule has 1 aliphatic rings. The molecule has 0 aromatic heterocycles. The summed E-state index contributed by atoms with van der Waals surface area (Å²) in [7, 11) is 4.45. The van der Waals surface area contributed by atoms with E-state index >= 15 is 0 Å². The molecule has 1 aromatic carbocycles. The van der Waals surface area contributed by atoms with E-state index in [-0.39, 0.29) is 28.9 Å². The van der Waals surface area contributed by atoms with Crippen LogP contribution in [0.1, 0.15) is 32.3 Å². The predicted octanol–water partition coefficient (Wildman–Crippen LogP) is 2.75. The molecule has 0 radical (unpaired) electrons. The van der Waals surface area contributed by atoms with Crippen molar-refractivity contribution < 1.29 is 28.5 Å². The molecule has 28 heavy (non-hydrogen) atoms. The van der Waals surface area contributed by atoms with Gasteiger partial charge in [0, 0.05) is 0 Å². The van der Waals surface area contributed by atoms with Crippen LogP contribution < -0.4 is 19.9 Å². The van der Waals surface area contributed by atoms with Crippen LogP contribution in [0.4, 0.5) is 0 Å². The topological polar surface area (TPSA) is 113 Å². The number of carbonyl (C=O) groups is 1. The molecule has 1 unspecified atom stereocenters. The first kappa shape index (κ1) is 21.0. The van der Waals surface area contributed by atoms with Gasteiger partial charge in [0.15, 0.2) is 11.5 Å². The largest absolute Gasteiger partial charge is 0.493 e. The number of benzene rings is 1. The van der Waals surface area contributed by atoms with Crippen LogP contribution in [0, 0.1) is 11.3 Å². The Kier molecular flexibility index (Phi) is 6.41. The lowest BCUT2D eigenvalue weighted by Crippen LogP contribution is -2.26. The Labute approximate surface area is 164 Å². The zero-order chi connectivity index (χ0) is 21.0. The van der Waals surface area contributed by atoms with Gasteiger partial charge in [0.2, 0.25) is 11.6 Å². The molecule has 0 fully saturated rings. The van der Waals surface area contributed by atoms with Gasteiger partial charge in [-0.05, 0) is 38.5 Å². The van der Waals surface area contributed by atoms with E-state index in [0.717, 1.165) is 0 Å². The van der Waals surface area contributed by atoms with Gasteiger partial charge < -0.3 is 29.4 Å². The first-order valence-electron chi connectivity index (χ1n) is 8.58. The minimum absolute atomic E-state index is 0.0696. The van der Waals surface area contributed by atoms with Crippen LogP contribution in [0.5, 0.6) is 17.2 Å². The second-order valence-corrected chi connectivity index (χ2v) is 6.31. The molecule has 0 bridgehead atoms. The van der Waals surface area contributed by atoms with Crippen LogP contribution in [0.3, 0.4) is 0 Å². The van der Waals surface area contributed by atoms with E-state index in [4.69, 9.17) is 29.4 Å². The van der Waals surface area contributed by atoms with E-state index in [1.54, 1.807) is 32.9 Å². The molecule has 8 nitrogen and oxygen atoms in total. The number of carbonyl (C=O) groups excluding carboxylic acids is 1. The van der Waals surface area contributed by atoms with Crippen molar-refractivity contribution in [2.75, 3.05) is 21.3 Å². The number of nitriles is 1. The summed E-state index contributed by atoms with van der Waals surface area (Å²) in [5.41, 5.74) is 6.76. The van der Waals surface area contributed by atoms with Gasteiger partial charge >= 0.3 is 5.97 Å². The second-order valence-electron chi connectivity index (χ2n) is 6.31. The van der Waals surface area contributed by atoms with E-state index in [9.17, 15) is 10.1 Å². The first-order valence-corrected chi connectivity index (χ1v) is 8.58. The summed E-state index contributed by atoms with van der Waals surface area (Å²) in [6, 6.07) is 5.37. The second kappa shape index (κ2) is 8.57. The zero-order valence-corrected chi connectivity index (χ0v) is 16.8. The number of rotatable bonds is 6. The normalized spacial score (nSPS) is 16.4. The SMILES string of the molecule is COc1cc(C2C(C#N)=C(N)OC(C)=C2C(=O)OC(C)C)cc(OC)c1OC. The molecule has 0 saturated carbocycles. The quantitative estimate of drug-likeness (QED) is 0.740. The van der Waals surface area contributed by atoms with Crippen LogP contribution in [0.2, 0.25) is 0 Å². The van der Waals surface area contributed by atoms with Crippen LogP contribution >= 0.6 is 0 Å². The van der Waals surface area contributed by atoms with Crippen LogP contribution in [0.25, 0.3) is 0 Å². The number of hydrogen-bond donors (Lipinski definition) is 1. The third-order valence-electron chi connectivity index (χ3n) is 4.19. The Morgan fingerprint density at radius 3 is 2.18 bits per heavy atom. The van der Waals surface area contributed by atoms with E-state index in [1.165, 1.54) is 21.3 Å². The highest BCUT2D eigenvalue weighted by atomic mass is 16.5. The number of esters is 1. The van der Waals surface area contributed by atoms with Crippen molar-refractivity contribution in [1.82, 2.24) is 0 Å². The Morgan fingerprint density at radius 1 is 1.18 bits per heavy atom. The minimum atomic E-state index is -0.807. The molecule has 0 amide bonds. The lowest BCUT2D eigenvalue weighted by atomic mass is 9.82. The number of nitrogens with zero attached hydrogens (tertiary/aromatic N) is 1. The molecule has 1 atom stereocenters. The highest BCUT2D eigenvalue weighted by Gasteiger charge is 2.37. The third kappa shape index (κ3) is 3.83. The standard InChI is InChI=1S/C20H24N2O6/c1-10(2)27-20(23)16-11(3)28-19(22)13(9-21)17(16)12-7-14(24-4)18(26-6)15(8-12)25-5/h7-8,10,17H,22H2,1-6H3. The van der Waals surface area contributed by atoms with Gasteiger partial charge in [0.05, 0.1) is 38.9 Å². The lowest BCUT2D eigenvalue weighted by molar-refractivity contribution is -0.143. The fourth-order valence-electron chi connectivity index (χ4n) is 3.02. The molecular weight excluding hydrogens is 364 g/mol. The molecule has 150 valence electrons. The Hall–Kier alpha value is -3.34. The zero-order valence-electron chi connectivity index (χ0n) is 16.8. The summed E-state index contributed by atoms with van der Waals surface area (Å²) in [4.78, 5) is 12.8. The molecule has 0 saturated heterocycles. The Balaban J connectivity index is 2.74. The minimum Gasteiger partial charge on any atom is -0.493 e. The van der Waals surface area contributed by atoms with Gasteiger partial charge in [-0.15, -0.1) is 0 Å². The van der Waals surface area contributed by atoms with Gasteiger partial charge in [-0.1, -0.05) is 0 Å². The van der Waals surface area contributed by atoms with Gasteiger partial charge in [-0.25, -0.2) is 4.79 Å². The van der Waals surface area contributed by atoms with E-state index in [0.29, 0.717) is 22.8 Å². The lowest BCUT2D eigenvalue weighted by Gasteiger charge is -2.28. The Morgan fingerprint density at radius 2 is 1.75 bits per heavy atom. The van der Waals surface area contributed by atoms with Crippen LogP contribution in [-0.2, 0) is 14.3 Å². The summed E-state index contributed by atoms with van der Waals surface area (Å²) in [6.07, 6.45) is -0.345. The Bertz CT molecular complexity index is 854. The third-order valence-corrected chi connectivity index (χ3v) is 4.19. The van der Waals surface area contributed by atoms with E-state index < -0.39 is 11.9 Å². The average Bonchev–Trinajstić information content (AvgIpc) is 2.65. The summed E-state index contributed by atoms with van der Waals surface area (Å²) < 4.78 is 26.9. The highest BCUT2D eigenvalue weighted by molar-refractivity contribution is 5.92. The fraction of sp³-hybridized carbons (Fsp3) is 0.400. The molecular formula is C20H24N2O6. The molecule has 1 heterocycles. The molecule has 2 N–H and O–H groups in total. The number of ether oxygens (including phenoxy) is 5. The fourth-order valence-corrected chi connectivity index (χ4v) is 3.02. The maximum atomic E-state index is 12.8. The molecule has 2 rings (SSSR count). The average molecular weight is 388 g/mol. The summed E-state index contributed by atoms with van der Waals surface area (Å²) >= 11 is 0. The van der Waals surface area contributed by atoms with Crippen molar-refractivity contribution in [3.05, 3.63) is 40.5 Å². The number of nitrogens with two attached hydrogens (primary N) is 1. The van der Waals surface area contributed by atoms with E-state index in [2.05, 4.69) is 0 Å². The van der Waals surface area contributed by atoms with Crippen molar-refractivity contribution >= 4 is 5.97 Å². The first-order chi connectivity index (χ1) is 13.3. The molecule has 1 aliphatic heterocycles. The summed E-state index contributed by atoms with van der Waals surface area (Å²) in [6.45, 7) is 5.07. The van der Waals surface area contributed by atoms with Crippen molar-refractivity contribution in [3.8, 4) is 23.3 Å². The number of hydrogen-bond acceptors (Lipinski definition) is 8. The molecule has 0 spiro atoms. The van der Waals surface area contributed by atoms with Crippen molar-refractivity contribution in [1.29, 1.82) is 5.26 Å². The molecule has 0 aliphatic carbocycles. The van der Waals surface area contributed by atoms with Crippen LogP contribution in [0.15, 0.2) is 34.9 Å². The maximum absolute atomic E-state index is 12.8. The van der Waals surface area contributed by atoms with Gasteiger partial charge in [0.25, 0.3) is 0 Å². The van der Waals surface area contributed by atoms with Crippen LogP contribution in [-0.4, -0.2) is 33.4 Å². The summed E-state index contributed by atoms with van der Waals surface area (Å²) in [5, 5.41) is 9.68. The predicted molar refractivity (Wildman–Crippen MR) is 101 cm³/mol. The number of methoxy groups -OCH3 is 3. The van der Waals surface area contributed by atoms with Gasteiger partial charge in [0.1, 0.15) is 17.4 Å². The van der Waals surface area contributed by atoms with Crippen molar-refractivity contribution in [2.24, 2.45) is 5.73 Å². The summed E-state index contributed by atoms with van der Waals surface area (Å²) in [5.74, 6) is -0.0453. The van der Waals surface area contributed by atoms with Crippen molar-refractivity contribution in [3.63, 3.8) is 0 Å². The van der Waals surface area contributed by atoms with Gasteiger partial charge in [-0.2, -0.15) is 5.26 Å². The van der Waals surface area contributed by atoms with Crippen molar-refractivity contribution in [2.45, 2.75) is 32.8 Å².